The van der Waals surface area contributed by atoms with Crippen molar-refractivity contribution in [2.45, 2.75) is 46.3 Å². The van der Waals surface area contributed by atoms with E-state index in [9.17, 15) is 0 Å². The van der Waals surface area contributed by atoms with E-state index in [0.29, 0.717) is 18.6 Å². The maximum atomic E-state index is 5.82. The van der Waals surface area contributed by atoms with Crippen LogP contribution in [0, 0.1) is 0 Å². The molecule has 0 saturated heterocycles. The fraction of sp³-hybridized carbons (Fsp3) is 0.526. The fourth-order valence-electron chi connectivity index (χ4n) is 2.93. The van der Waals surface area contributed by atoms with Crippen molar-refractivity contribution in [1.29, 1.82) is 0 Å². The predicted molar refractivity (Wildman–Crippen MR) is 101 cm³/mol. The summed E-state index contributed by atoms with van der Waals surface area (Å²) in [5.74, 6) is 1.70. The Hall–Kier alpha value is -2.01. The van der Waals surface area contributed by atoms with E-state index in [1.54, 1.807) is 7.05 Å². The van der Waals surface area contributed by atoms with Crippen LogP contribution in [-0.4, -0.2) is 43.1 Å². The van der Waals surface area contributed by atoms with Gasteiger partial charge in [-0.1, -0.05) is 18.2 Å². The normalized spacial score (nSPS) is 12.6. The van der Waals surface area contributed by atoms with E-state index in [2.05, 4.69) is 60.4 Å². The number of nitrogens with one attached hydrogen (secondary N) is 2. The lowest BCUT2D eigenvalue weighted by Crippen LogP contribution is -2.45. The minimum atomic E-state index is 0.539. The lowest BCUT2D eigenvalue weighted by molar-refractivity contribution is 0.178. The maximum absolute atomic E-state index is 5.82. The van der Waals surface area contributed by atoms with Gasteiger partial charge in [-0.05, 0) is 39.8 Å². The third kappa shape index (κ3) is 4.99. The summed E-state index contributed by atoms with van der Waals surface area (Å²) in [6.45, 7) is 11.4. The maximum Gasteiger partial charge on any atom is 0.191 e. The number of para-hydroxylation sites is 1. The summed E-state index contributed by atoms with van der Waals surface area (Å²) in [5.41, 5.74) is 0.918. The van der Waals surface area contributed by atoms with E-state index >= 15 is 0 Å². The zero-order chi connectivity index (χ0) is 17.5. The molecule has 1 aromatic heterocycles. The number of guanidine groups is 1. The van der Waals surface area contributed by atoms with Crippen LogP contribution in [-0.2, 0) is 6.54 Å². The standard InChI is InChI=1S/C19H30N4O/c1-14(2)23(15(3)4)11-10-21-19(20-5)22-13-17-12-16-8-6-7-9-18(16)24-17/h6-9,12,14-15H,10-11,13H2,1-5H3,(H2,20,21,22). The highest BCUT2D eigenvalue weighted by atomic mass is 16.3. The first-order chi connectivity index (χ1) is 11.5. The third-order valence-electron chi connectivity index (χ3n) is 4.12. The number of hydrogen-bond acceptors (Lipinski definition) is 3. The molecule has 0 fully saturated rings. The molecule has 0 bridgehead atoms. The van der Waals surface area contributed by atoms with Crippen LogP contribution in [0.1, 0.15) is 33.5 Å². The lowest BCUT2D eigenvalue weighted by Gasteiger charge is -2.30. The van der Waals surface area contributed by atoms with Crippen LogP contribution in [0.15, 0.2) is 39.7 Å². The van der Waals surface area contributed by atoms with Crippen LogP contribution in [0.5, 0.6) is 0 Å². The largest absolute Gasteiger partial charge is 0.459 e. The molecule has 2 aromatic rings. The highest BCUT2D eigenvalue weighted by Crippen LogP contribution is 2.18. The minimum absolute atomic E-state index is 0.539. The molecule has 5 heteroatoms. The second-order valence-electron chi connectivity index (χ2n) is 6.53. The molecule has 0 aliphatic heterocycles. The van der Waals surface area contributed by atoms with Crippen LogP contribution < -0.4 is 10.6 Å². The van der Waals surface area contributed by atoms with Gasteiger partial charge in [0.15, 0.2) is 5.96 Å². The summed E-state index contributed by atoms with van der Waals surface area (Å²) >= 11 is 0. The van der Waals surface area contributed by atoms with Crippen molar-refractivity contribution in [3.8, 4) is 0 Å². The van der Waals surface area contributed by atoms with E-state index < -0.39 is 0 Å². The molecule has 1 aromatic carbocycles. The quantitative estimate of drug-likeness (QED) is 0.604. The van der Waals surface area contributed by atoms with Crippen molar-refractivity contribution in [2.24, 2.45) is 4.99 Å². The summed E-state index contributed by atoms with van der Waals surface area (Å²) in [7, 11) is 1.79. The molecule has 2 N–H and O–H groups in total. The molecule has 0 aliphatic rings. The topological polar surface area (TPSA) is 52.8 Å². The average molecular weight is 330 g/mol. The molecular weight excluding hydrogens is 300 g/mol. The Morgan fingerprint density at radius 1 is 1.12 bits per heavy atom. The zero-order valence-corrected chi connectivity index (χ0v) is 15.5. The summed E-state index contributed by atoms with van der Waals surface area (Å²) in [6.07, 6.45) is 0. The Morgan fingerprint density at radius 3 is 2.46 bits per heavy atom. The molecule has 2 rings (SSSR count). The monoisotopic (exact) mass is 330 g/mol. The number of benzene rings is 1. The summed E-state index contributed by atoms with van der Waals surface area (Å²) < 4.78 is 5.82. The first-order valence-electron chi connectivity index (χ1n) is 8.69. The van der Waals surface area contributed by atoms with E-state index in [0.717, 1.165) is 35.8 Å². The molecular formula is C19H30N4O. The van der Waals surface area contributed by atoms with E-state index in [-0.39, 0.29) is 0 Å². The molecule has 5 nitrogen and oxygen atoms in total. The van der Waals surface area contributed by atoms with Crippen molar-refractivity contribution in [3.05, 3.63) is 36.1 Å². The summed E-state index contributed by atoms with van der Waals surface area (Å²) in [4.78, 5) is 6.74. The molecule has 0 saturated carbocycles. The highest BCUT2D eigenvalue weighted by molar-refractivity contribution is 5.80. The van der Waals surface area contributed by atoms with Gasteiger partial charge in [-0.3, -0.25) is 9.89 Å². The van der Waals surface area contributed by atoms with Gasteiger partial charge in [0.1, 0.15) is 11.3 Å². The Balaban J connectivity index is 1.82. The van der Waals surface area contributed by atoms with E-state index in [4.69, 9.17) is 4.42 Å². The molecule has 24 heavy (non-hydrogen) atoms. The van der Waals surface area contributed by atoms with Crippen LogP contribution in [0.2, 0.25) is 0 Å². The smallest absolute Gasteiger partial charge is 0.191 e. The van der Waals surface area contributed by atoms with Crippen molar-refractivity contribution in [2.75, 3.05) is 20.1 Å². The van der Waals surface area contributed by atoms with Crippen LogP contribution in [0.4, 0.5) is 0 Å². The Labute approximate surface area is 145 Å². The second kappa shape index (κ2) is 8.73. The molecule has 132 valence electrons. The van der Waals surface area contributed by atoms with Gasteiger partial charge < -0.3 is 15.1 Å². The van der Waals surface area contributed by atoms with Gasteiger partial charge in [0.2, 0.25) is 0 Å². The van der Waals surface area contributed by atoms with Crippen LogP contribution in [0.3, 0.4) is 0 Å². The van der Waals surface area contributed by atoms with Crippen LogP contribution in [0.25, 0.3) is 11.0 Å². The number of aliphatic imine (C=N–C) groups is 1. The van der Waals surface area contributed by atoms with Crippen molar-refractivity contribution >= 4 is 16.9 Å². The lowest BCUT2D eigenvalue weighted by atomic mass is 10.2. The van der Waals surface area contributed by atoms with Gasteiger partial charge in [0.05, 0.1) is 6.54 Å². The van der Waals surface area contributed by atoms with Crippen molar-refractivity contribution < 1.29 is 4.42 Å². The molecule has 0 unspecified atom stereocenters. The first kappa shape index (κ1) is 18.3. The molecule has 1 heterocycles. The van der Waals surface area contributed by atoms with E-state index in [1.807, 2.05) is 18.2 Å². The Kier molecular flexibility index (Phi) is 6.67. The number of fused-ring (bicyclic) bond motifs is 1. The van der Waals surface area contributed by atoms with Gasteiger partial charge >= 0.3 is 0 Å². The Bertz CT molecular complexity index is 619. The third-order valence-corrected chi connectivity index (χ3v) is 4.12. The summed E-state index contributed by atoms with van der Waals surface area (Å²) in [6, 6.07) is 11.2. The van der Waals surface area contributed by atoms with Crippen molar-refractivity contribution in [1.82, 2.24) is 15.5 Å². The molecule has 0 radical (unpaired) electrons. The fourth-order valence-corrected chi connectivity index (χ4v) is 2.93. The molecule has 0 atom stereocenters. The van der Waals surface area contributed by atoms with Gasteiger partial charge in [0, 0.05) is 37.6 Å². The molecule has 0 spiro atoms. The minimum Gasteiger partial charge on any atom is -0.459 e. The number of nitrogens with zero attached hydrogens (tertiary/aromatic N) is 2. The van der Waals surface area contributed by atoms with Crippen LogP contribution >= 0.6 is 0 Å². The summed E-state index contributed by atoms with van der Waals surface area (Å²) in [5, 5.41) is 7.80. The number of rotatable bonds is 7. The molecule has 0 aliphatic carbocycles. The average Bonchev–Trinajstić information content (AvgIpc) is 2.96. The van der Waals surface area contributed by atoms with E-state index in [1.165, 1.54) is 0 Å². The van der Waals surface area contributed by atoms with Crippen molar-refractivity contribution in [3.63, 3.8) is 0 Å². The second-order valence-corrected chi connectivity index (χ2v) is 6.53. The number of hydrogen-bond donors (Lipinski definition) is 2. The first-order valence-corrected chi connectivity index (χ1v) is 8.69. The van der Waals surface area contributed by atoms with Gasteiger partial charge in [-0.2, -0.15) is 0 Å². The number of furan rings is 1. The Morgan fingerprint density at radius 2 is 1.83 bits per heavy atom. The van der Waals surface area contributed by atoms with Gasteiger partial charge in [-0.15, -0.1) is 0 Å². The predicted octanol–water partition coefficient (Wildman–Crippen LogP) is 3.22. The highest BCUT2D eigenvalue weighted by Gasteiger charge is 2.12. The zero-order valence-electron chi connectivity index (χ0n) is 15.5. The van der Waals surface area contributed by atoms with Gasteiger partial charge in [0.25, 0.3) is 0 Å². The SMILES string of the molecule is CN=C(NCCN(C(C)C)C(C)C)NCc1cc2ccccc2o1. The van der Waals surface area contributed by atoms with Gasteiger partial charge in [-0.25, -0.2) is 0 Å². The molecule has 0 amide bonds.